The normalized spacial score (nSPS) is 24.3. The van der Waals surface area contributed by atoms with Crippen LogP contribution in [0.25, 0.3) is 0 Å². The van der Waals surface area contributed by atoms with E-state index in [1.165, 1.54) is 133 Å². The summed E-state index contributed by atoms with van der Waals surface area (Å²) < 4.78 is 49.4. The fraction of sp³-hybridized carbons (Fsp3) is 0.615. The summed E-state index contributed by atoms with van der Waals surface area (Å²) in [5.41, 5.74) is 10.8. The second-order valence-electron chi connectivity index (χ2n) is 31.5. The molecule has 8 heterocycles. The van der Waals surface area contributed by atoms with Crippen molar-refractivity contribution in [2.45, 2.75) is 278 Å². The van der Waals surface area contributed by atoms with Gasteiger partial charge in [0.1, 0.15) is 5.82 Å². The standard InChI is InChI=1S/C18H28BNO2.C12H24B2O4.C12H16BrN.C12H16N2O2.C12H18N2.C6H4FNO2.C6H13N/c1-14-8-6-7-13-20(14)16-11-9-15(10-12-16)19-21-17(2,3)18(4,5)22-19;1-9(2)10(3,4)16-13(15-9)14-17-11(5,6)12(7,8)18-14;1-10-4-2-3-9-14(10)12-7-5-11(13)6-8-12;1-10-4-2-3-9-13(10)11-5-7-12(8-6-11)14(15)16;1-10-4-2-3-9-14(10)12-7-5-11(13)6-8-12;7-5-1-3-6(4-2-5)8(9)10;1-6-4-2-3-5-7-6/h9-12,14H,6-8,13H2,1-5H3;1-8H3;5-8,10H,2-4,9H2,1H3;5-8,10H,2-4,9H2,1H3;5-8,10H,2-4,9,13H2,1H3;1-4H;6-7H,2-5H2,1H3. The molecular weight excluding hydrogens is 1340 g/mol. The van der Waals surface area contributed by atoms with Crippen molar-refractivity contribution in [3.8, 4) is 0 Å². The van der Waals surface area contributed by atoms with Crippen LogP contribution in [0.4, 0.5) is 44.2 Å². The Bertz CT molecular complexity index is 3190. The highest BCUT2D eigenvalue weighted by molar-refractivity contribution is 9.10. The molecular formula is C78H119B3BrFN8O10. The fourth-order valence-corrected chi connectivity index (χ4v) is 13.6. The third kappa shape index (κ3) is 23.4. The molecule has 5 unspecified atom stereocenters. The minimum atomic E-state index is -0.570. The van der Waals surface area contributed by atoms with Crippen LogP contribution in [-0.4, -0.2) is 128 Å². The van der Waals surface area contributed by atoms with Crippen molar-refractivity contribution in [2.24, 2.45) is 0 Å². The maximum Gasteiger partial charge on any atom is 0.494 e. The summed E-state index contributed by atoms with van der Waals surface area (Å²) in [5.74, 6) is -0.467. The molecule has 23 heteroatoms. The summed E-state index contributed by atoms with van der Waals surface area (Å²) in [6.45, 7) is 41.8. The molecule has 0 amide bonds. The average molecular weight is 1460 g/mol. The molecule has 8 aliphatic rings. The number of hydrogen-bond donors (Lipinski definition) is 2. The SMILES string of the molecule is CC1(C)OB(B2OC(C)(C)C(C)(C)O2)OC1(C)C.CC1CCCCN1.CC1CCCCN1c1ccc(B2OC(C)(C)C(C)(C)O2)cc1.CC1CCCCN1c1ccc(Br)cc1.CC1CCCCN1c1ccc(N)cc1.CC1CCCCN1c1ccc([N+](=O)[O-])cc1.O=[N+]([O-])c1ccc(F)cc1. The van der Waals surface area contributed by atoms with E-state index in [1.807, 2.05) is 79.7 Å². The first-order valence-corrected chi connectivity index (χ1v) is 38.0. The van der Waals surface area contributed by atoms with E-state index in [0.717, 1.165) is 64.7 Å². The maximum absolute atomic E-state index is 12.1. The van der Waals surface area contributed by atoms with E-state index in [1.54, 1.807) is 12.1 Å². The van der Waals surface area contributed by atoms with Gasteiger partial charge in [-0.25, -0.2) is 4.39 Å². The molecule has 5 aromatic carbocycles. The van der Waals surface area contributed by atoms with Crippen molar-refractivity contribution < 1.29 is 42.2 Å². The number of non-ortho nitro benzene ring substituents is 2. The Balaban J connectivity index is 0.000000169. The molecule has 13 rings (SSSR count). The molecule has 18 nitrogen and oxygen atoms in total. The second-order valence-corrected chi connectivity index (χ2v) is 32.4. The smallest absolute Gasteiger partial charge is 0.405 e. The molecule has 5 aromatic rings. The Morgan fingerprint density at radius 3 is 1.00 bits per heavy atom. The molecule has 0 saturated carbocycles. The van der Waals surface area contributed by atoms with Crippen molar-refractivity contribution in [3.63, 3.8) is 0 Å². The summed E-state index contributed by atoms with van der Waals surface area (Å²) in [5, 5.41) is 23.9. The topological polar surface area (TPSA) is 193 Å². The Morgan fingerprint density at radius 1 is 0.426 bits per heavy atom. The zero-order valence-corrected chi connectivity index (χ0v) is 65.5. The first-order valence-electron chi connectivity index (χ1n) is 37.2. The molecule has 0 spiro atoms. The lowest BCUT2D eigenvalue weighted by atomic mass is 9.49. The lowest BCUT2D eigenvalue weighted by molar-refractivity contribution is -0.385. The number of piperidine rings is 5. The second kappa shape index (κ2) is 36.8. The van der Waals surface area contributed by atoms with Crippen molar-refractivity contribution in [2.75, 3.05) is 58.1 Å². The van der Waals surface area contributed by atoms with Crippen LogP contribution in [0.1, 0.15) is 214 Å². The van der Waals surface area contributed by atoms with Crippen molar-refractivity contribution in [1.82, 2.24) is 5.32 Å². The van der Waals surface area contributed by atoms with Gasteiger partial charge in [0.15, 0.2) is 0 Å². The van der Waals surface area contributed by atoms with Crippen LogP contribution in [0.3, 0.4) is 0 Å². The van der Waals surface area contributed by atoms with Crippen LogP contribution in [-0.2, 0) is 27.9 Å². The van der Waals surface area contributed by atoms with Gasteiger partial charge in [0.05, 0.1) is 43.5 Å². The minimum Gasteiger partial charge on any atom is -0.405 e. The van der Waals surface area contributed by atoms with Gasteiger partial charge in [0, 0.05) is 114 Å². The van der Waals surface area contributed by atoms with Gasteiger partial charge in [-0.2, -0.15) is 0 Å². The van der Waals surface area contributed by atoms with E-state index in [-0.39, 0.29) is 57.0 Å². The number of nitrogens with zero attached hydrogens (tertiary/aromatic N) is 6. The molecule has 0 bridgehead atoms. The largest absolute Gasteiger partial charge is 0.494 e. The fourth-order valence-electron chi connectivity index (χ4n) is 13.4. The predicted octanol–water partition coefficient (Wildman–Crippen LogP) is 17.9. The molecule has 101 heavy (non-hydrogen) atoms. The zero-order chi connectivity index (χ0) is 74.1. The van der Waals surface area contributed by atoms with E-state index in [4.69, 9.17) is 33.7 Å². The van der Waals surface area contributed by atoms with Crippen molar-refractivity contribution in [1.29, 1.82) is 0 Å². The lowest BCUT2D eigenvalue weighted by Crippen LogP contribution is -2.41. The van der Waals surface area contributed by atoms with Gasteiger partial charge in [0.25, 0.3) is 11.4 Å². The molecule has 0 aliphatic carbocycles. The van der Waals surface area contributed by atoms with Crippen LogP contribution in [0, 0.1) is 26.0 Å². The molecule has 8 fully saturated rings. The minimum absolute atomic E-state index is 0.0959. The Kier molecular flexibility index (Phi) is 30.0. The van der Waals surface area contributed by atoms with E-state index in [0.29, 0.717) is 24.2 Å². The predicted molar refractivity (Wildman–Crippen MR) is 419 cm³/mol. The van der Waals surface area contributed by atoms with Crippen molar-refractivity contribution in [3.05, 3.63) is 152 Å². The van der Waals surface area contributed by atoms with E-state index in [2.05, 4.69) is 164 Å². The van der Waals surface area contributed by atoms with Gasteiger partial charge < -0.3 is 58.6 Å². The Labute approximate surface area is 614 Å². The maximum atomic E-state index is 12.1. The number of nitrogens with two attached hydrogens (primary N) is 1. The summed E-state index contributed by atoms with van der Waals surface area (Å²) in [4.78, 5) is 29.4. The highest BCUT2D eigenvalue weighted by atomic mass is 79.9. The number of nitro groups is 2. The zero-order valence-electron chi connectivity index (χ0n) is 63.9. The molecule has 5 atom stereocenters. The first kappa shape index (κ1) is 82.5. The van der Waals surface area contributed by atoms with Crippen molar-refractivity contribution >= 4 is 82.3 Å². The van der Waals surface area contributed by atoms with Gasteiger partial charge in [-0.15, -0.1) is 0 Å². The number of hydrogen-bond acceptors (Lipinski definition) is 16. The highest BCUT2D eigenvalue weighted by Crippen LogP contribution is 2.44. The number of rotatable bonds is 8. The average Bonchev–Trinajstić information content (AvgIpc) is 1.60. The van der Waals surface area contributed by atoms with E-state index >= 15 is 0 Å². The third-order valence-electron chi connectivity index (χ3n) is 22.1. The number of halogens is 2. The van der Waals surface area contributed by atoms with Crippen LogP contribution >= 0.6 is 15.9 Å². The van der Waals surface area contributed by atoms with E-state index < -0.39 is 24.8 Å². The van der Waals surface area contributed by atoms with Gasteiger partial charge in [-0.05, 0) is 305 Å². The molecule has 554 valence electrons. The summed E-state index contributed by atoms with van der Waals surface area (Å²) >= 11 is 3.47. The van der Waals surface area contributed by atoms with Gasteiger partial charge >= 0.3 is 21.1 Å². The first-order chi connectivity index (χ1) is 47.5. The van der Waals surface area contributed by atoms with Gasteiger partial charge in [-0.3, -0.25) is 20.2 Å². The summed E-state index contributed by atoms with van der Waals surface area (Å²) in [6.07, 6.45) is 19.9. The molecule has 3 N–H and O–H groups in total. The molecule has 0 aromatic heterocycles. The Morgan fingerprint density at radius 2 is 0.713 bits per heavy atom. The number of anilines is 5. The molecule has 0 radical (unpaired) electrons. The summed E-state index contributed by atoms with van der Waals surface area (Å²) in [6, 6.07) is 40.1. The number of nitro benzene ring substituents is 2. The van der Waals surface area contributed by atoms with Crippen LogP contribution in [0.2, 0.25) is 0 Å². The third-order valence-corrected chi connectivity index (χ3v) is 22.6. The number of nitrogens with one attached hydrogen (secondary N) is 1. The lowest BCUT2D eigenvalue weighted by Gasteiger charge is -2.35. The van der Waals surface area contributed by atoms with Gasteiger partial charge in [0.2, 0.25) is 0 Å². The molecule has 8 saturated heterocycles. The van der Waals surface area contributed by atoms with Crippen LogP contribution in [0.15, 0.2) is 126 Å². The van der Waals surface area contributed by atoms with Gasteiger partial charge in [-0.1, -0.05) is 34.5 Å². The molecule has 8 aliphatic heterocycles. The summed E-state index contributed by atoms with van der Waals surface area (Å²) in [7, 11) is -1.22. The van der Waals surface area contributed by atoms with Crippen LogP contribution in [0.5, 0.6) is 0 Å². The van der Waals surface area contributed by atoms with E-state index in [9.17, 15) is 24.6 Å². The number of benzene rings is 5. The van der Waals surface area contributed by atoms with Crippen LogP contribution < -0.4 is 36.1 Å². The monoisotopic (exact) mass is 1460 g/mol. The quantitative estimate of drug-likeness (QED) is 0.0644. The number of nitrogen functional groups attached to an aromatic ring is 1. The highest BCUT2D eigenvalue weighted by Gasteiger charge is 2.64. The Hall–Kier alpha value is -5.78.